The number of ether oxygens (including phenoxy) is 1. The van der Waals surface area contributed by atoms with Crippen LogP contribution >= 0.6 is 0 Å². The van der Waals surface area contributed by atoms with Crippen molar-refractivity contribution in [2.24, 2.45) is 7.05 Å². The van der Waals surface area contributed by atoms with Gasteiger partial charge >= 0.3 is 0 Å². The summed E-state index contributed by atoms with van der Waals surface area (Å²) in [5, 5.41) is 2.80. The van der Waals surface area contributed by atoms with Crippen molar-refractivity contribution >= 4 is 32.6 Å². The molecule has 4 aromatic rings. The topological polar surface area (TPSA) is 133 Å². The van der Waals surface area contributed by atoms with Crippen molar-refractivity contribution in [3.8, 4) is 22.8 Å². The van der Waals surface area contributed by atoms with Crippen LogP contribution in [-0.4, -0.2) is 36.2 Å². The molecule has 0 atom stereocenters. The van der Waals surface area contributed by atoms with Gasteiger partial charge in [-0.3, -0.25) is 14.3 Å². The van der Waals surface area contributed by atoms with Crippen LogP contribution in [0.2, 0.25) is 0 Å². The van der Waals surface area contributed by atoms with E-state index in [9.17, 15) is 26.8 Å². The molecule has 0 saturated heterocycles. The van der Waals surface area contributed by atoms with Gasteiger partial charge in [0, 0.05) is 42.4 Å². The second-order valence-corrected chi connectivity index (χ2v) is 9.94. The van der Waals surface area contributed by atoms with Crippen molar-refractivity contribution in [1.82, 2.24) is 14.9 Å². The predicted molar refractivity (Wildman–Crippen MR) is 132 cm³/mol. The normalized spacial score (nSPS) is 11.5. The number of anilines is 1. The molecule has 10 nitrogen and oxygen atoms in total. The average Bonchev–Trinajstić information content (AvgIpc) is 3.30. The first-order valence-corrected chi connectivity index (χ1v) is 12.7. The summed E-state index contributed by atoms with van der Waals surface area (Å²) in [6, 6.07) is 5.46. The maximum absolute atomic E-state index is 14.4. The summed E-state index contributed by atoms with van der Waals surface area (Å²) in [5.41, 5.74) is -0.182. The van der Waals surface area contributed by atoms with E-state index in [1.165, 1.54) is 43.1 Å². The van der Waals surface area contributed by atoms with Crippen molar-refractivity contribution in [2.45, 2.75) is 13.8 Å². The summed E-state index contributed by atoms with van der Waals surface area (Å²) in [4.78, 5) is 29.3. The number of nitrogens with one attached hydrogen (secondary N) is 2. The fraction of sp³-hybridized carbons (Fsp3) is 0.208. The molecule has 0 bridgehead atoms. The molecule has 37 heavy (non-hydrogen) atoms. The number of pyridine rings is 2. The van der Waals surface area contributed by atoms with Crippen LogP contribution in [0.3, 0.4) is 0 Å². The Morgan fingerprint density at radius 2 is 1.92 bits per heavy atom. The van der Waals surface area contributed by atoms with Crippen molar-refractivity contribution < 1.29 is 31.1 Å². The fourth-order valence-electron chi connectivity index (χ4n) is 3.50. The quantitative estimate of drug-likeness (QED) is 0.353. The van der Waals surface area contributed by atoms with Crippen molar-refractivity contribution in [3.63, 3.8) is 0 Å². The summed E-state index contributed by atoms with van der Waals surface area (Å²) in [6.45, 7) is 3.50. The Balaban J connectivity index is 1.96. The molecule has 0 radical (unpaired) electrons. The molecular formula is C24H22F2N4O6S. The zero-order valence-electron chi connectivity index (χ0n) is 20.0. The first-order chi connectivity index (χ1) is 17.5. The number of fused-ring (bicyclic) bond motifs is 1. The van der Waals surface area contributed by atoms with E-state index >= 15 is 0 Å². The molecule has 0 unspecified atom stereocenters. The van der Waals surface area contributed by atoms with E-state index in [1.54, 1.807) is 6.92 Å². The lowest BCUT2D eigenvalue weighted by atomic mass is 10.0. The summed E-state index contributed by atoms with van der Waals surface area (Å²) in [5.74, 6) is -3.18. The molecule has 0 fully saturated rings. The van der Waals surface area contributed by atoms with Crippen LogP contribution in [0.4, 0.5) is 14.5 Å². The molecule has 13 heteroatoms. The zero-order chi connectivity index (χ0) is 26.9. The average molecular weight is 533 g/mol. The molecule has 194 valence electrons. The molecule has 0 aliphatic rings. The Bertz CT molecular complexity index is 1680. The Hall–Kier alpha value is -4.26. The van der Waals surface area contributed by atoms with Crippen LogP contribution in [0.1, 0.15) is 24.4 Å². The van der Waals surface area contributed by atoms with Gasteiger partial charge in [-0.2, -0.15) is 0 Å². The van der Waals surface area contributed by atoms with E-state index in [4.69, 9.17) is 9.15 Å². The minimum absolute atomic E-state index is 0.0678. The van der Waals surface area contributed by atoms with Crippen LogP contribution in [0.5, 0.6) is 11.6 Å². The third kappa shape index (κ3) is 5.31. The summed E-state index contributed by atoms with van der Waals surface area (Å²) >= 11 is 0. The van der Waals surface area contributed by atoms with E-state index in [2.05, 4.69) is 15.0 Å². The van der Waals surface area contributed by atoms with E-state index in [1.807, 2.05) is 0 Å². The minimum Gasteiger partial charge on any atom is -0.445 e. The molecule has 3 aromatic heterocycles. The number of carbonyl (C=O) groups is 1. The van der Waals surface area contributed by atoms with Gasteiger partial charge in [-0.05, 0) is 38.1 Å². The number of nitrogens with zero attached hydrogens (tertiary/aromatic N) is 2. The first kappa shape index (κ1) is 25.8. The predicted octanol–water partition coefficient (Wildman–Crippen LogP) is 3.78. The monoisotopic (exact) mass is 532 g/mol. The number of rotatable bonds is 8. The molecule has 4 rings (SSSR count). The van der Waals surface area contributed by atoms with Gasteiger partial charge < -0.3 is 19.0 Å². The van der Waals surface area contributed by atoms with Gasteiger partial charge in [-0.25, -0.2) is 22.2 Å². The Labute approximate surface area is 209 Å². The third-order valence-corrected chi connectivity index (χ3v) is 6.62. The van der Waals surface area contributed by atoms with Crippen molar-refractivity contribution in [3.05, 3.63) is 70.5 Å². The number of carbonyl (C=O) groups excluding carboxylic acids is 1. The number of hydrogen-bond donors (Lipinski definition) is 2. The van der Waals surface area contributed by atoms with Crippen molar-refractivity contribution in [1.29, 1.82) is 0 Å². The van der Waals surface area contributed by atoms with Crippen LogP contribution in [0.25, 0.3) is 22.1 Å². The van der Waals surface area contributed by atoms with E-state index in [0.717, 1.165) is 12.1 Å². The molecule has 2 N–H and O–H groups in total. The number of furan rings is 1. The largest absolute Gasteiger partial charge is 0.445 e. The number of sulfonamides is 1. The smallest absolute Gasteiger partial charge is 0.293 e. The van der Waals surface area contributed by atoms with Gasteiger partial charge in [-0.1, -0.05) is 0 Å². The molecule has 0 spiro atoms. The molecule has 0 aliphatic heterocycles. The highest BCUT2D eigenvalue weighted by Crippen LogP contribution is 2.38. The lowest BCUT2D eigenvalue weighted by Gasteiger charge is -2.14. The summed E-state index contributed by atoms with van der Waals surface area (Å²) in [7, 11) is -2.23. The molecule has 0 saturated carbocycles. The molecule has 1 amide bonds. The van der Waals surface area contributed by atoms with Gasteiger partial charge in [0.1, 0.15) is 5.82 Å². The number of aryl methyl sites for hydroxylation is 1. The highest BCUT2D eigenvalue weighted by molar-refractivity contribution is 7.92. The van der Waals surface area contributed by atoms with Gasteiger partial charge in [0.15, 0.2) is 17.3 Å². The van der Waals surface area contributed by atoms with Gasteiger partial charge in [-0.15, -0.1) is 0 Å². The summed E-state index contributed by atoms with van der Waals surface area (Å²) < 4.78 is 66.9. The Kier molecular flexibility index (Phi) is 6.99. The zero-order valence-corrected chi connectivity index (χ0v) is 20.8. The Morgan fingerprint density at radius 1 is 1.16 bits per heavy atom. The summed E-state index contributed by atoms with van der Waals surface area (Å²) in [6.07, 6.45) is 2.59. The van der Waals surface area contributed by atoms with Crippen LogP contribution in [0.15, 0.2) is 51.9 Å². The minimum atomic E-state index is -3.68. The maximum Gasteiger partial charge on any atom is 0.293 e. The number of halogens is 2. The van der Waals surface area contributed by atoms with Crippen molar-refractivity contribution in [2.75, 3.05) is 17.0 Å². The number of aromatic nitrogens is 2. The van der Waals surface area contributed by atoms with Crippen LogP contribution in [0, 0.1) is 11.6 Å². The van der Waals surface area contributed by atoms with E-state index in [0.29, 0.717) is 12.6 Å². The van der Waals surface area contributed by atoms with Crippen LogP contribution in [-0.2, 0) is 17.1 Å². The maximum atomic E-state index is 14.4. The van der Waals surface area contributed by atoms with Gasteiger partial charge in [0.25, 0.3) is 11.5 Å². The SMILES string of the molecule is CCNC(=O)c1cc2c(-c3cc(NS(=O)(=O)CC)cnc3Oc3ccc(F)cc3F)cn(C)c(=O)c2o1. The highest BCUT2D eigenvalue weighted by Gasteiger charge is 2.22. The van der Waals surface area contributed by atoms with E-state index in [-0.39, 0.29) is 50.9 Å². The number of hydrogen-bond acceptors (Lipinski definition) is 7. The second kappa shape index (κ2) is 10.0. The lowest BCUT2D eigenvalue weighted by Crippen LogP contribution is -2.22. The first-order valence-electron chi connectivity index (χ1n) is 11.1. The second-order valence-electron chi connectivity index (χ2n) is 7.93. The molecule has 3 heterocycles. The molecule has 0 aliphatic carbocycles. The number of amides is 1. The molecule has 1 aromatic carbocycles. The molecular weight excluding hydrogens is 510 g/mol. The van der Waals surface area contributed by atoms with E-state index < -0.39 is 33.1 Å². The lowest BCUT2D eigenvalue weighted by molar-refractivity contribution is 0.0930. The standard InChI is InChI=1S/C24H22F2N4O6S/c1-4-27-22(31)20-10-15-17(12-30(3)24(32)21(15)35-20)16-9-14(29-37(33,34)5-2)11-28-23(16)36-19-7-6-13(25)8-18(19)26/h6-12,29H,4-5H2,1-3H3,(H,27,31). The van der Waals surface area contributed by atoms with Gasteiger partial charge in [0.05, 0.1) is 17.6 Å². The third-order valence-electron chi connectivity index (χ3n) is 5.32. The van der Waals surface area contributed by atoms with Gasteiger partial charge in [0.2, 0.25) is 21.5 Å². The van der Waals surface area contributed by atoms with Crippen LogP contribution < -0.4 is 20.3 Å². The number of benzene rings is 1. The Morgan fingerprint density at radius 3 is 2.59 bits per heavy atom. The highest BCUT2D eigenvalue weighted by atomic mass is 32.2. The fourth-order valence-corrected chi connectivity index (χ4v) is 4.12.